The second kappa shape index (κ2) is 5.73. The van der Waals surface area contributed by atoms with E-state index in [0.29, 0.717) is 13.2 Å². The van der Waals surface area contributed by atoms with Crippen molar-refractivity contribution in [3.63, 3.8) is 0 Å². The van der Waals surface area contributed by atoms with Crippen molar-refractivity contribution in [2.75, 3.05) is 25.0 Å². The number of carbonyl (C=O) groups excluding carboxylic acids is 2. The number of nitrogens with one attached hydrogen (secondary N) is 1. The fourth-order valence-electron chi connectivity index (χ4n) is 1.97. The average Bonchev–Trinajstić information content (AvgIpc) is 2.37. The maximum atomic E-state index is 11.9. The second-order valence-corrected chi connectivity index (χ2v) is 4.76. The number of carbonyl (C=O) groups is 2. The SMILES string of the molecule is Cc1ccc(C)c(NC(=O)CN2CCCOC2=O)c1. The Morgan fingerprint density at radius 1 is 1.42 bits per heavy atom. The minimum Gasteiger partial charge on any atom is -0.449 e. The van der Waals surface area contributed by atoms with E-state index in [4.69, 9.17) is 4.74 Å². The highest BCUT2D eigenvalue weighted by atomic mass is 16.6. The molecule has 1 saturated heterocycles. The number of rotatable bonds is 3. The summed E-state index contributed by atoms with van der Waals surface area (Å²) in [6.45, 7) is 4.94. The summed E-state index contributed by atoms with van der Waals surface area (Å²) in [5.41, 5.74) is 2.87. The van der Waals surface area contributed by atoms with Crippen molar-refractivity contribution in [3.8, 4) is 0 Å². The topological polar surface area (TPSA) is 58.6 Å². The molecule has 1 heterocycles. The van der Waals surface area contributed by atoms with Gasteiger partial charge in [-0.15, -0.1) is 0 Å². The molecule has 0 aromatic heterocycles. The van der Waals surface area contributed by atoms with Crippen LogP contribution in [0.4, 0.5) is 10.5 Å². The quantitative estimate of drug-likeness (QED) is 0.907. The summed E-state index contributed by atoms with van der Waals surface area (Å²) in [7, 11) is 0. The Hall–Kier alpha value is -2.04. The lowest BCUT2D eigenvalue weighted by Gasteiger charge is -2.25. The standard InChI is InChI=1S/C14H18N2O3/c1-10-4-5-11(2)12(8-10)15-13(17)9-16-6-3-7-19-14(16)18/h4-5,8H,3,6-7,9H2,1-2H3,(H,15,17). The van der Waals surface area contributed by atoms with Crippen molar-refractivity contribution >= 4 is 17.7 Å². The van der Waals surface area contributed by atoms with Crippen LogP contribution in [0.5, 0.6) is 0 Å². The zero-order valence-corrected chi connectivity index (χ0v) is 11.2. The number of hydrogen-bond acceptors (Lipinski definition) is 3. The molecule has 0 spiro atoms. The van der Waals surface area contributed by atoms with E-state index in [1.54, 1.807) is 0 Å². The molecule has 2 rings (SSSR count). The zero-order chi connectivity index (χ0) is 13.8. The number of amides is 2. The van der Waals surface area contributed by atoms with Gasteiger partial charge >= 0.3 is 6.09 Å². The van der Waals surface area contributed by atoms with Crippen molar-refractivity contribution in [2.45, 2.75) is 20.3 Å². The summed E-state index contributed by atoms with van der Waals surface area (Å²) in [4.78, 5) is 24.8. The maximum absolute atomic E-state index is 11.9. The Balaban J connectivity index is 1.97. The molecule has 19 heavy (non-hydrogen) atoms. The molecule has 1 aromatic rings. The first-order chi connectivity index (χ1) is 9.06. The van der Waals surface area contributed by atoms with Gasteiger partial charge in [0.2, 0.25) is 5.91 Å². The van der Waals surface area contributed by atoms with E-state index in [9.17, 15) is 9.59 Å². The summed E-state index contributed by atoms with van der Waals surface area (Å²) >= 11 is 0. The highest BCUT2D eigenvalue weighted by Crippen LogP contribution is 2.16. The van der Waals surface area contributed by atoms with Gasteiger partial charge in [0, 0.05) is 12.2 Å². The van der Waals surface area contributed by atoms with Gasteiger partial charge < -0.3 is 10.1 Å². The highest BCUT2D eigenvalue weighted by molar-refractivity contribution is 5.94. The van der Waals surface area contributed by atoms with Crippen molar-refractivity contribution < 1.29 is 14.3 Å². The van der Waals surface area contributed by atoms with Gasteiger partial charge in [0.05, 0.1) is 6.61 Å². The van der Waals surface area contributed by atoms with Crippen LogP contribution in [0.1, 0.15) is 17.5 Å². The van der Waals surface area contributed by atoms with E-state index < -0.39 is 6.09 Å². The minimum atomic E-state index is -0.414. The molecular weight excluding hydrogens is 244 g/mol. The van der Waals surface area contributed by atoms with Crippen LogP contribution >= 0.6 is 0 Å². The molecule has 2 amide bonds. The van der Waals surface area contributed by atoms with Gasteiger partial charge in [0.1, 0.15) is 6.54 Å². The van der Waals surface area contributed by atoms with Gasteiger partial charge in [-0.25, -0.2) is 4.79 Å². The molecule has 1 aliphatic heterocycles. The fraction of sp³-hybridized carbons (Fsp3) is 0.429. The Labute approximate surface area is 112 Å². The Bertz CT molecular complexity index is 499. The summed E-state index contributed by atoms with van der Waals surface area (Å²) in [6, 6.07) is 5.87. The first-order valence-corrected chi connectivity index (χ1v) is 6.35. The van der Waals surface area contributed by atoms with E-state index in [1.165, 1.54) is 4.90 Å². The highest BCUT2D eigenvalue weighted by Gasteiger charge is 2.22. The third-order valence-corrected chi connectivity index (χ3v) is 3.06. The summed E-state index contributed by atoms with van der Waals surface area (Å²) in [6.07, 6.45) is 0.352. The number of ether oxygens (including phenoxy) is 1. The largest absolute Gasteiger partial charge is 0.449 e. The van der Waals surface area contributed by atoms with Crippen LogP contribution in [-0.2, 0) is 9.53 Å². The fourth-order valence-corrected chi connectivity index (χ4v) is 1.97. The van der Waals surface area contributed by atoms with E-state index in [0.717, 1.165) is 23.2 Å². The van der Waals surface area contributed by atoms with Crippen LogP contribution in [0.3, 0.4) is 0 Å². The lowest BCUT2D eigenvalue weighted by molar-refractivity contribution is -0.117. The summed E-state index contributed by atoms with van der Waals surface area (Å²) in [5, 5.41) is 2.83. The molecule has 0 bridgehead atoms. The first-order valence-electron chi connectivity index (χ1n) is 6.35. The smallest absolute Gasteiger partial charge is 0.410 e. The van der Waals surface area contributed by atoms with E-state index in [1.807, 2.05) is 32.0 Å². The number of cyclic esters (lactones) is 1. The van der Waals surface area contributed by atoms with Gasteiger partial charge in [-0.1, -0.05) is 12.1 Å². The second-order valence-electron chi connectivity index (χ2n) is 4.76. The third kappa shape index (κ3) is 3.47. The van der Waals surface area contributed by atoms with Gasteiger partial charge in [0.25, 0.3) is 0 Å². The number of benzene rings is 1. The molecule has 5 heteroatoms. The minimum absolute atomic E-state index is 0.0339. The molecule has 5 nitrogen and oxygen atoms in total. The molecule has 0 atom stereocenters. The molecule has 1 fully saturated rings. The molecule has 1 aliphatic rings. The lowest BCUT2D eigenvalue weighted by Crippen LogP contribution is -2.42. The molecule has 0 saturated carbocycles. The lowest BCUT2D eigenvalue weighted by atomic mass is 10.1. The molecule has 0 radical (unpaired) electrons. The summed E-state index contributed by atoms with van der Waals surface area (Å²) < 4.78 is 4.89. The van der Waals surface area contributed by atoms with Crippen LogP contribution in [0.2, 0.25) is 0 Å². The molecular formula is C14H18N2O3. The zero-order valence-electron chi connectivity index (χ0n) is 11.2. The van der Waals surface area contributed by atoms with Crippen LogP contribution in [0.25, 0.3) is 0 Å². The number of nitrogens with zero attached hydrogens (tertiary/aromatic N) is 1. The molecule has 1 N–H and O–H groups in total. The predicted octanol–water partition coefficient (Wildman–Crippen LogP) is 2.08. The van der Waals surface area contributed by atoms with E-state index >= 15 is 0 Å². The molecule has 1 aromatic carbocycles. The van der Waals surface area contributed by atoms with Crippen molar-refractivity contribution in [1.82, 2.24) is 4.90 Å². The predicted molar refractivity (Wildman–Crippen MR) is 72.1 cm³/mol. The monoisotopic (exact) mass is 262 g/mol. The van der Waals surface area contributed by atoms with Gasteiger partial charge in [-0.2, -0.15) is 0 Å². The average molecular weight is 262 g/mol. The van der Waals surface area contributed by atoms with Crippen molar-refractivity contribution in [2.24, 2.45) is 0 Å². The Morgan fingerprint density at radius 2 is 2.21 bits per heavy atom. The van der Waals surface area contributed by atoms with Crippen LogP contribution in [0.15, 0.2) is 18.2 Å². The Kier molecular flexibility index (Phi) is 4.04. The van der Waals surface area contributed by atoms with Crippen molar-refractivity contribution in [1.29, 1.82) is 0 Å². The number of anilines is 1. The normalized spacial score (nSPS) is 15.1. The third-order valence-electron chi connectivity index (χ3n) is 3.06. The van der Waals surface area contributed by atoms with Gasteiger partial charge in [-0.3, -0.25) is 9.69 Å². The van der Waals surface area contributed by atoms with Gasteiger partial charge in [0.15, 0.2) is 0 Å². The molecule has 0 unspecified atom stereocenters. The van der Waals surface area contributed by atoms with Crippen LogP contribution in [-0.4, -0.2) is 36.6 Å². The Morgan fingerprint density at radius 3 is 2.95 bits per heavy atom. The first kappa shape index (κ1) is 13.4. The van der Waals surface area contributed by atoms with E-state index in [2.05, 4.69) is 5.32 Å². The number of aryl methyl sites for hydroxylation is 2. The maximum Gasteiger partial charge on any atom is 0.410 e. The van der Waals surface area contributed by atoms with Crippen molar-refractivity contribution in [3.05, 3.63) is 29.3 Å². The summed E-state index contributed by atoms with van der Waals surface area (Å²) in [5.74, 6) is -0.201. The van der Waals surface area contributed by atoms with Crippen LogP contribution in [0, 0.1) is 13.8 Å². The molecule has 0 aliphatic carbocycles. The molecule has 102 valence electrons. The number of hydrogen-bond donors (Lipinski definition) is 1. The van der Waals surface area contributed by atoms with E-state index in [-0.39, 0.29) is 12.5 Å². The van der Waals surface area contributed by atoms with Gasteiger partial charge in [-0.05, 0) is 37.5 Å². The van der Waals surface area contributed by atoms with Crippen LogP contribution < -0.4 is 5.32 Å².